The number of aromatic nitrogens is 1. The van der Waals surface area contributed by atoms with Crippen LogP contribution in [0.5, 0.6) is 0 Å². The molecule has 2 aromatic carbocycles. The van der Waals surface area contributed by atoms with Gasteiger partial charge in [-0.2, -0.15) is 4.98 Å². The predicted molar refractivity (Wildman–Crippen MR) is 127 cm³/mol. The van der Waals surface area contributed by atoms with Crippen LogP contribution in [0.25, 0.3) is 11.1 Å². The molecule has 0 atom stereocenters. The minimum atomic E-state index is -0.434. The Labute approximate surface area is 197 Å². The highest BCUT2D eigenvalue weighted by Gasteiger charge is 2.29. The Morgan fingerprint density at radius 3 is 2.53 bits per heavy atom. The lowest BCUT2D eigenvalue weighted by atomic mass is 9.97. The van der Waals surface area contributed by atoms with E-state index in [2.05, 4.69) is 10.3 Å². The van der Waals surface area contributed by atoms with Crippen molar-refractivity contribution in [1.82, 2.24) is 9.88 Å². The number of esters is 1. The van der Waals surface area contributed by atoms with E-state index in [0.717, 1.165) is 16.7 Å². The van der Waals surface area contributed by atoms with Crippen molar-refractivity contribution in [2.24, 2.45) is 5.92 Å². The van der Waals surface area contributed by atoms with Crippen LogP contribution in [0.15, 0.2) is 52.9 Å². The fraction of sp³-hybridized carbons (Fsp3) is 0.360. The quantitative estimate of drug-likeness (QED) is 0.536. The first-order valence-electron chi connectivity index (χ1n) is 11.3. The number of amides is 2. The number of ether oxygens (including phenoxy) is 1. The maximum Gasteiger partial charge on any atom is 0.309 e. The number of oxazole rings is 1. The van der Waals surface area contributed by atoms with Crippen LogP contribution in [0.3, 0.4) is 0 Å². The molecule has 178 valence electrons. The van der Waals surface area contributed by atoms with Crippen LogP contribution in [0.1, 0.15) is 18.4 Å². The minimum absolute atomic E-state index is 0.132. The van der Waals surface area contributed by atoms with Crippen LogP contribution < -0.4 is 10.2 Å². The predicted octanol–water partition coefficient (Wildman–Crippen LogP) is 2.99. The van der Waals surface area contributed by atoms with E-state index in [1.165, 1.54) is 11.9 Å². The van der Waals surface area contributed by atoms with Gasteiger partial charge in [-0.15, -0.1) is 0 Å². The van der Waals surface area contributed by atoms with Crippen LogP contribution in [0, 0.1) is 12.8 Å². The zero-order valence-corrected chi connectivity index (χ0v) is 19.3. The van der Waals surface area contributed by atoms with Gasteiger partial charge in [-0.1, -0.05) is 29.8 Å². The molecule has 1 aliphatic rings. The van der Waals surface area contributed by atoms with E-state index in [0.29, 0.717) is 37.6 Å². The number of nitrogens with zero attached hydrogens (tertiary/aromatic N) is 3. The molecular formula is C25H28N4O5. The van der Waals surface area contributed by atoms with Gasteiger partial charge in [0, 0.05) is 25.8 Å². The van der Waals surface area contributed by atoms with Gasteiger partial charge in [0.2, 0.25) is 5.91 Å². The highest BCUT2D eigenvalue weighted by atomic mass is 16.5. The molecule has 1 saturated heterocycles. The van der Waals surface area contributed by atoms with Crippen molar-refractivity contribution in [2.75, 3.05) is 43.5 Å². The molecule has 1 aromatic heterocycles. The fourth-order valence-corrected chi connectivity index (χ4v) is 3.80. The molecule has 1 aliphatic heterocycles. The summed E-state index contributed by atoms with van der Waals surface area (Å²) in [6.07, 6.45) is 1.17. The smallest absolute Gasteiger partial charge is 0.309 e. The van der Waals surface area contributed by atoms with E-state index < -0.39 is 18.5 Å². The Bertz CT molecular complexity index is 1130. The molecule has 4 rings (SSSR count). The Morgan fingerprint density at radius 2 is 1.82 bits per heavy atom. The lowest BCUT2D eigenvalue weighted by Gasteiger charge is -2.29. The normalized spacial score (nSPS) is 14.1. The molecular weight excluding hydrogens is 436 g/mol. The second kappa shape index (κ2) is 10.4. The molecule has 0 spiro atoms. The van der Waals surface area contributed by atoms with Gasteiger partial charge >= 0.3 is 5.97 Å². The number of piperidine rings is 1. The minimum Gasteiger partial charge on any atom is -0.455 e. The number of nitrogens with one attached hydrogen (secondary N) is 1. The first-order valence-corrected chi connectivity index (χ1v) is 11.3. The zero-order valence-electron chi connectivity index (χ0n) is 19.3. The highest BCUT2D eigenvalue weighted by Crippen LogP contribution is 2.26. The fourth-order valence-electron chi connectivity index (χ4n) is 3.80. The average Bonchev–Trinajstić information content (AvgIpc) is 3.28. The SMILES string of the molecule is Cc1ccc(NC(=O)CN(C)C(=O)COC(=O)C2CCN(c3nc4ccccc4o3)CC2)cc1. The Kier molecular flexibility index (Phi) is 7.10. The lowest BCUT2D eigenvalue weighted by Crippen LogP contribution is -2.39. The topological polar surface area (TPSA) is 105 Å². The number of hydrogen-bond acceptors (Lipinski definition) is 7. The van der Waals surface area contributed by atoms with Crippen molar-refractivity contribution < 1.29 is 23.5 Å². The van der Waals surface area contributed by atoms with Gasteiger partial charge in [-0.05, 0) is 44.0 Å². The number of para-hydroxylation sites is 2. The standard InChI is InChI=1S/C25H28N4O5/c1-17-7-9-19(10-8-17)26-22(30)15-28(2)23(31)16-33-24(32)18-11-13-29(14-12-18)25-27-20-5-3-4-6-21(20)34-25/h3-10,18H,11-16H2,1-2H3,(H,26,30). The van der Waals surface area contributed by atoms with Gasteiger partial charge in [0.1, 0.15) is 5.52 Å². The number of hydrogen-bond donors (Lipinski definition) is 1. The molecule has 0 bridgehead atoms. The second-order valence-corrected chi connectivity index (χ2v) is 8.50. The molecule has 9 heteroatoms. The summed E-state index contributed by atoms with van der Waals surface area (Å²) in [5, 5.41) is 2.74. The molecule has 9 nitrogen and oxygen atoms in total. The first kappa shape index (κ1) is 23.3. The van der Waals surface area contributed by atoms with Crippen molar-refractivity contribution in [2.45, 2.75) is 19.8 Å². The van der Waals surface area contributed by atoms with Crippen LogP contribution in [0.4, 0.5) is 11.7 Å². The molecule has 0 saturated carbocycles. The molecule has 0 unspecified atom stereocenters. The first-order chi connectivity index (χ1) is 16.4. The third-order valence-corrected chi connectivity index (χ3v) is 5.86. The number of carbonyl (C=O) groups excluding carboxylic acids is 3. The number of aryl methyl sites for hydroxylation is 1. The van der Waals surface area contributed by atoms with Crippen molar-refractivity contribution >= 4 is 40.6 Å². The maximum atomic E-state index is 12.5. The summed E-state index contributed by atoms with van der Waals surface area (Å²) in [6.45, 7) is 2.66. The molecule has 0 aliphatic carbocycles. The van der Waals surface area contributed by atoms with Gasteiger partial charge in [-0.25, -0.2) is 0 Å². The molecule has 2 amide bonds. The monoisotopic (exact) mass is 464 g/mol. The Balaban J connectivity index is 1.19. The van der Waals surface area contributed by atoms with E-state index >= 15 is 0 Å². The van der Waals surface area contributed by atoms with E-state index in [1.54, 1.807) is 12.1 Å². The summed E-state index contributed by atoms with van der Waals surface area (Å²) in [5.74, 6) is -1.44. The molecule has 34 heavy (non-hydrogen) atoms. The van der Waals surface area contributed by atoms with Gasteiger partial charge in [-0.3, -0.25) is 14.4 Å². The van der Waals surface area contributed by atoms with Gasteiger partial charge in [0.15, 0.2) is 12.2 Å². The van der Waals surface area contributed by atoms with Crippen LogP contribution in [0.2, 0.25) is 0 Å². The van der Waals surface area contributed by atoms with Gasteiger partial charge < -0.3 is 24.3 Å². The van der Waals surface area contributed by atoms with E-state index in [1.807, 2.05) is 48.2 Å². The van der Waals surface area contributed by atoms with E-state index in [9.17, 15) is 14.4 Å². The number of benzene rings is 2. The number of anilines is 2. The van der Waals surface area contributed by atoms with Crippen molar-refractivity contribution in [1.29, 1.82) is 0 Å². The third-order valence-electron chi connectivity index (χ3n) is 5.86. The summed E-state index contributed by atoms with van der Waals surface area (Å²) in [7, 11) is 1.50. The van der Waals surface area contributed by atoms with Crippen LogP contribution in [-0.4, -0.2) is 61.0 Å². The summed E-state index contributed by atoms with van der Waals surface area (Å²) < 4.78 is 11.0. The summed E-state index contributed by atoms with van der Waals surface area (Å²) in [6, 6.07) is 15.5. The van der Waals surface area contributed by atoms with E-state index in [-0.39, 0.29) is 18.4 Å². The van der Waals surface area contributed by atoms with Crippen LogP contribution >= 0.6 is 0 Å². The van der Waals surface area contributed by atoms with Crippen molar-refractivity contribution in [3.05, 3.63) is 54.1 Å². The molecule has 1 fully saturated rings. The third kappa shape index (κ3) is 5.72. The molecule has 3 aromatic rings. The Morgan fingerprint density at radius 1 is 1.12 bits per heavy atom. The molecule has 2 heterocycles. The van der Waals surface area contributed by atoms with Crippen molar-refractivity contribution in [3.63, 3.8) is 0 Å². The largest absolute Gasteiger partial charge is 0.455 e. The number of fused-ring (bicyclic) bond motifs is 1. The highest BCUT2D eigenvalue weighted by molar-refractivity contribution is 5.94. The summed E-state index contributed by atoms with van der Waals surface area (Å²) in [4.78, 5) is 44.7. The number of rotatable bonds is 7. The van der Waals surface area contributed by atoms with Gasteiger partial charge in [0.05, 0.1) is 12.5 Å². The average molecular weight is 465 g/mol. The second-order valence-electron chi connectivity index (χ2n) is 8.50. The molecule has 1 N–H and O–H groups in total. The maximum absolute atomic E-state index is 12.5. The number of carbonyl (C=O) groups is 3. The summed E-state index contributed by atoms with van der Waals surface area (Å²) >= 11 is 0. The van der Waals surface area contributed by atoms with E-state index in [4.69, 9.17) is 9.15 Å². The number of likely N-dealkylation sites (N-methyl/N-ethyl adjacent to an activating group) is 1. The summed E-state index contributed by atoms with van der Waals surface area (Å²) in [5.41, 5.74) is 3.28. The van der Waals surface area contributed by atoms with Crippen LogP contribution in [-0.2, 0) is 19.1 Å². The van der Waals surface area contributed by atoms with Gasteiger partial charge in [0.25, 0.3) is 11.9 Å². The zero-order chi connectivity index (χ0) is 24.1. The lowest BCUT2D eigenvalue weighted by molar-refractivity contribution is -0.155. The Hall–Kier alpha value is -3.88. The van der Waals surface area contributed by atoms with Crippen molar-refractivity contribution in [3.8, 4) is 0 Å². The molecule has 0 radical (unpaired) electrons.